The highest BCUT2D eigenvalue weighted by Gasteiger charge is 2.10. The van der Waals surface area contributed by atoms with E-state index in [1.54, 1.807) is 0 Å². The first-order valence-electron chi connectivity index (χ1n) is 5.41. The van der Waals surface area contributed by atoms with E-state index in [0.717, 1.165) is 10.5 Å². The zero-order valence-electron chi connectivity index (χ0n) is 8.83. The van der Waals surface area contributed by atoms with Crippen LogP contribution in [0.4, 0.5) is 0 Å². The predicted molar refractivity (Wildman–Crippen MR) is 76.2 cm³/mol. The van der Waals surface area contributed by atoms with Crippen LogP contribution in [0, 0.1) is 0 Å². The standard InChI is InChI=1S/C14H8ClNS/c15-8-5-6-11-10(7-8)14-13(16-11)9-3-1-2-4-12(9)17-14/h1-7,16H. The van der Waals surface area contributed by atoms with Crippen molar-refractivity contribution in [2.24, 2.45) is 0 Å². The number of rotatable bonds is 0. The number of hydrogen-bond donors (Lipinski definition) is 1. The third kappa shape index (κ3) is 1.25. The fourth-order valence-corrected chi connectivity index (χ4v) is 3.67. The van der Waals surface area contributed by atoms with Gasteiger partial charge in [0.05, 0.1) is 10.2 Å². The SMILES string of the molecule is Clc1ccc2[nH]c3c4ccccc4sc3c2c1. The summed E-state index contributed by atoms with van der Waals surface area (Å²) in [5.41, 5.74) is 2.38. The Morgan fingerprint density at radius 3 is 2.82 bits per heavy atom. The third-order valence-electron chi connectivity index (χ3n) is 3.08. The van der Waals surface area contributed by atoms with Crippen molar-refractivity contribution in [1.82, 2.24) is 4.98 Å². The smallest absolute Gasteiger partial charge is 0.0654 e. The van der Waals surface area contributed by atoms with Gasteiger partial charge in [-0.2, -0.15) is 0 Å². The molecule has 0 radical (unpaired) electrons. The van der Waals surface area contributed by atoms with Crippen LogP contribution in [-0.4, -0.2) is 4.98 Å². The second-order valence-corrected chi connectivity index (χ2v) is 5.61. The van der Waals surface area contributed by atoms with Crippen LogP contribution in [0.25, 0.3) is 31.2 Å². The molecule has 0 fully saturated rings. The molecule has 0 amide bonds. The van der Waals surface area contributed by atoms with Crippen molar-refractivity contribution >= 4 is 54.1 Å². The lowest BCUT2D eigenvalue weighted by atomic mass is 10.2. The fourth-order valence-electron chi connectivity index (χ4n) is 2.31. The van der Waals surface area contributed by atoms with Gasteiger partial charge in [-0.1, -0.05) is 29.8 Å². The largest absolute Gasteiger partial charge is 0.353 e. The van der Waals surface area contributed by atoms with Gasteiger partial charge >= 0.3 is 0 Å². The van der Waals surface area contributed by atoms with Crippen molar-refractivity contribution in [1.29, 1.82) is 0 Å². The molecule has 4 rings (SSSR count). The topological polar surface area (TPSA) is 15.8 Å². The van der Waals surface area contributed by atoms with Crippen molar-refractivity contribution in [3.63, 3.8) is 0 Å². The second kappa shape index (κ2) is 3.25. The van der Waals surface area contributed by atoms with Crippen molar-refractivity contribution < 1.29 is 0 Å². The summed E-state index contributed by atoms with van der Waals surface area (Å²) in [5, 5.41) is 3.30. The number of nitrogens with one attached hydrogen (secondary N) is 1. The molecule has 1 nitrogen and oxygen atoms in total. The summed E-state index contributed by atoms with van der Waals surface area (Å²) in [5.74, 6) is 0. The molecule has 0 atom stereocenters. The Balaban J connectivity index is 2.30. The van der Waals surface area contributed by atoms with Gasteiger partial charge in [0.1, 0.15) is 0 Å². The van der Waals surface area contributed by atoms with E-state index >= 15 is 0 Å². The molecule has 0 aliphatic carbocycles. The van der Waals surface area contributed by atoms with Crippen molar-refractivity contribution in [3.8, 4) is 0 Å². The Bertz CT molecular complexity index is 856. The number of aromatic amines is 1. The number of thiophene rings is 1. The molecule has 0 bridgehead atoms. The van der Waals surface area contributed by atoms with Crippen molar-refractivity contribution in [2.75, 3.05) is 0 Å². The van der Waals surface area contributed by atoms with Gasteiger partial charge < -0.3 is 4.98 Å². The molecule has 2 aromatic heterocycles. The van der Waals surface area contributed by atoms with E-state index in [0.29, 0.717) is 0 Å². The maximum Gasteiger partial charge on any atom is 0.0654 e. The van der Waals surface area contributed by atoms with E-state index in [-0.39, 0.29) is 0 Å². The molecule has 1 N–H and O–H groups in total. The average Bonchev–Trinajstić information content (AvgIpc) is 2.85. The van der Waals surface area contributed by atoms with Crippen molar-refractivity contribution in [2.45, 2.75) is 0 Å². The number of H-pyrrole nitrogens is 1. The quantitative estimate of drug-likeness (QED) is 0.446. The van der Waals surface area contributed by atoms with Gasteiger partial charge in [0, 0.05) is 26.0 Å². The Kier molecular flexibility index (Phi) is 1.82. The minimum absolute atomic E-state index is 0.788. The zero-order chi connectivity index (χ0) is 11.4. The number of aromatic nitrogens is 1. The summed E-state index contributed by atoms with van der Waals surface area (Å²) in [6.45, 7) is 0. The highest BCUT2D eigenvalue weighted by molar-refractivity contribution is 7.26. The van der Waals surface area contributed by atoms with Gasteiger partial charge in [0.15, 0.2) is 0 Å². The molecule has 3 heteroatoms. The van der Waals surface area contributed by atoms with Crippen LogP contribution in [0.15, 0.2) is 42.5 Å². The van der Waals surface area contributed by atoms with Gasteiger partial charge in [0.25, 0.3) is 0 Å². The molecule has 0 unspecified atom stereocenters. The molecule has 82 valence electrons. The first kappa shape index (κ1) is 9.51. The van der Waals surface area contributed by atoms with Gasteiger partial charge in [-0.15, -0.1) is 11.3 Å². The van der Waals surface area contributed by atoms with E-state index in [1.165, 1.54) is 25.7 Å². The van der Waals surface area contributed by atoms with Gasteiger partial charge in [-0.3, -0.25) is 0 Å². The lowest BCUT2D eigenvalue weighted by Gasteiger charge is -1.91. The summed E-state index contributed by atoms with van der Waals surface area (Å²) in [6, 6.07) is 14.5. The lowest BCUT2D eigenvalue weighted by Crippen LogP contribution is -1.68. The van der Waals surface area contributed by atoms with E-state index < -0.39 is 0 Å². The summed E-state index contributed by atoms with van der Waals surface area (Å²) in [4.78, 5) is 3.48. The second-order valence-electron chi connectivity index (χ2n) is 4.12. The molecule has 0 saturated carbocycles. The molecule has 4 aromatic rings. The molecule has 17 heavy (non-hydrogen) atoms. The highest BCUT2D eigenvalue weighted by atomic mass is 35.5. The summed E-state index contributed by atoms with van der Waals surface area (Å²) in [6.07, 6.45) is 0. The monoisotopic (exact) mass is 257 g/mol. The molecule has 0 aliphatic heterocycles. The predicted octanol–water partition coefficient (Wildman–Crippen LogP) is 5.19. The van der Waals surface area contributed by atoms with Gasteiger partial charge in [0.2, 0.25) is 0 Å². The molecule has 2 heterocycles. The minimum atomic E-state index is 0.788. The molecular weight excluding hydrogens is 250 g/mol. The van der Waals surface area contributed by atoms with Crippen LogP contribution in [0.1, 0.15) is 0 Å². The molecule has 2 aromatic carbocycles. The highest BCUT2D eigenvalue weighted by Crippen LogP contribution is 2.38. The first-order chi connectivity index (χ1) is 8.33. The maximum atomic E-state index is 6.07. The van der Waals surface area contributed by atoms with Crippen LogP contribution in [0.2, 0.25) is 5.02 Å². The van der Waals surface area contributed by atoms with Crippen LogP contribution in [0.3, 0.4) is 0 Å². The fraction of sp³-hybridized carbons (Fsp3) is 0. The molecule has 0 saturated heterocycles. The lowest BCUT2D eigenvalue weighted by molar-refractivity contribution is 1.57. The normalized spacial score (nSPS) is 11.8. The zero-order valence-corrected chi connectivity index (χ0v) is 10.4. The maximum absolute atomic E-state index is 6.07. The minimum Gasteiger partial charge on any atom is -0.353 e. The average molecular weight is 258 g/mol. The van der Waals surface area contributed by atoms with Crippen LogP contribution >= 0.6 is 22.9 Å². The Morgan fingerprint density at radius 2 is 1.88 bits per heavy atom. The van der Waals surface area contributed by atoms with Gasteiger partial charge in [-0.25, -0.2) is 0 Å². The van der Waals surface area contributed by atoms with Gasteiger partial charge in [-0.05, 0) is 24.3 Å². The molecule has 0 aliphatic rings. The van der Waals surface area contributed by atoms with Crippen LogP contribution in [0.5, 0.6) is 0 Å². The van der Waals surface area contributed by atoms with E-state index in [2.05, 4.69) is 29.2 Å². The van der Waals surface area contributed by atoms with E-state index in [9.17, 15) is 0 Å². The summed E-state index contributed by atoms with van der Waals surface area (Å²) < 4.78 is 2.61. The number of halogens is 1. The summed E-state index contributed by atoms with van der Waals surface area (Å²) in [7, 11) is 0. The van der Waals surface area contributed by atoms with Crippen LogP contribution < -0.4 is 0 Å². The number of fused-ring (bicyclic) bond motifs is 5. The van der Waals surface area contributed by atoms with E-state index in [1.807, 2.05) is 29.5 Å². The molecule has 0 spiro atoms. The molecular formula is C14H8ClNS. The van der Waals surface area contributed by atoms with Crippen LogP contribution in [-0.2, 0) is 0 Å². The summed E-state index contributed by atoms with van der Waals surface area (Å²) >= 11 is 7.88. The first-order valence-corrected chi connectivity index (χ1v) is 6.61. The Labute approximate surface area is 107 Å². The Morgan fingerprint density at radius 1 is 1.00 bits per heavy atom. The third-order valence-corrected chi connectivity index (χ3v) is 4.52. The number of hydrogen-bond acceptors (Lipinski definition) is 1. The Hall–Kier alpha value is -1.51. The van der Waals surface area contributed by atoms with Crippen molar-refractivity contribution in [3.05, 3.63) is 47.5 Å². The van der Waals surface area contributed by atoms with E-state index in [4.69, 9.17) is 11.6 Å². The number of benzene rings is 2.